The third-order valence-electron chi connectivity index (χ3n) is 5.36. The van der Waals surface area contributed by atoms with Gasteiger partial charge in [0.1, 0.15) is 18.2 Å². The molecule has 1 saturated heterocycles. The van der Waals surface area contributed by atoms with Crippen molar-refractivity contribution in [3.63, 3.8) is 0 Å². The van der Waals surface area contributed by atoms with Gasteiger partial charge in [-0.05, 0) is 30.5 Å². The Morgan fingerprint density at radius 1 is 1.05 bits per heavy atom. The van der Waals surface area contributed by atoms with Crippen LogP contribution < -0.4 is 9.64 Å². The van der Waals surface area contributed by atoms with E-state index in [-0.39, 0.29) is 18.2 Å². The van der Waals surface area contributed by atoms with E-state index in [1.807, 2.05) is 18.2 Å². The number of fused-ring (bicyclic) bond motifs is 1. The van der Waals surface area contributed by atoms with Crippen molar-refractivity contribution in [3.05, 3.63) is 42.5 Å². The number of aliphatic carboxylic acids is 2. The number of morpholine rings is 1. The first kappa shape index (κ1) is 31.5. The van der Waals surface area contributed by atoms with Crippen molar-refractivity contribution in [1.29, 1.82) is 0 Å². The third kappa shape index (κ3) is 9.82. The zero-order valence-electron chi connectivity index (χ0n) is 20.2. The summed E-state index contributed by atoms with van der Waals surface area (Å²) in [7, 11) is 1.62. The van der Waals surface area contributed by atoms with Crippen LogP contribution in [0.1, 0.15) is 18.4 Å². The summed E-state index contributed by atoms with van der Waals surface area (Å²) < 4.78 is 80.9. The largest absolute Gasteiger partial charge is 0.490 e. The van der Waals surface area contributed by atoms with Crippen LogP contribution in [0.3, 0.4) is 0 Å². The lowest BCUT2D eigenvalue weighted by atomic mass is 10.1. The van der Waals surface area contributed by atoms with Crippen LogP contribution in [0.5, 0.6) is 5.88 Å². The van der Waals surface area contributed by atoms with Crippen molar-refractivity contribution in [2.75, 3.05) is 25.2 Å². The summed E-state index contributed by atoms with van der Waals surface area (Å²) in [6.45, 7) is 2.07. The molecule has 0 unspecified atom stereocenters. The molecule has 0 bridgehead atoms. The van der Waals surface area contributed by atoms with Gasteiger partial charge in [0.15, 0.2) is 0 Å². The molecule has 2 aromatic rings. The molecule has 3 atom stereocenters. The summed E-state index contributed by atoms with van der Waals surface area (Å²) in [5.74, 6) is -4.04. The molecule has 1 aliphatic carbocycles. The fourth-order valence-electron chi connectivity index (χ4n) is 3.66. The van der Waals surface area contributed by atoms with Crippen molar-refractivity contribution in [2.24, 2.45) is 0 Å². The Bertz CT molecular complexity index is 1050. The molecule has 0 radical (unpaired) electrons. The van der Waals surface area contributed by atoms with Gasteiger partial charge in [-0.2, -0.15) is 26.3 Å². The first-order valence-electron chi connectivity index (χ1n) is 11.1. The molecule has 2 aliphatic rings. The van der Waals surface area contributed by atoms with Crippen molar-refractivity contribution in [2.45, 2.75) is 50.1 Å². The second-order valence-electron chi connectivity index (χ2n) is 7.90. The maximum atomic E-state index is 10.6. The average molecular weight is 570 g/mol. The number of pyridine rings is 1. The number of alkyl halides is 6. The van der Waals surface area contributed by atoms with Gasteiger partial charge < -0.3 is 29.3 Å². The molecule has 4 rings (SSSR count). The Morgan fingerprint density at radius 3 is 2.18 bits per heavy atom. The van der Waals surface area contributed by atoms with E-state index in [2.05, 4.69) is 19.9 Å². The maximum Gasteiger partial charge on any atom is 0.490 e. The van der Waals surface area contributed by atoms with E-state index in [9.17, 15) is 26.3 Å². The molecule has 216 valence electrons. The first-order valence-corrected chi connectivity index (χ1v) is 11.1. The van der Waals surface area contributed by atoms with Crippen LogP contribution in [0.4, 0.5) is 32.2 Å². The van der Waals surface area contributed by atoms with Crippen LogP contribution in [0, 0.1) is 0 Å². The highest BCUT2D eigenvalue weighted by atomic mass is 19.4. The topological polar surface area (TPSA) is 144 Å². The highest BCUT2D eigenvalue weighted by molar-refractivity contribution is 5.73. The monoisotopic (exact) mass is 570 g/mol. The van der Waals surface area contributed by atoms with Crippen molar-refractivity contribution in [3.8, 4) is 5.88 Å². The number of methoxy groups -OCH3 is 1. The van der Waals surface area contributed by atoms with Gasteiger partial charge in [0.05, 0.1) is 32.5 Å². The number of nitrogens with zero attached hydrogens (tertiary/aromatic N) is 4. The maximum absolute atomic E-state index is 10.6. The van der Waals surface area contributed by atoms with Crippen LogP contribution in [0.15, 0.2) is 36.9 Å². The Labute approximate surface area is 217 Å². The molecule has 2 aromatic heterocycles. The van der Waals surface area contributed by atoms with E-state index in [1.165, 1.54) is 0 Å². The van der Waals surface area contributed by atoms with Gasteiger partial charge in [0, 0.05) is 25.0 Å². The summed E-state index contributed by atoms with van der Waals surface area (Å²) in [5.41, 5.74) is 1.13. The number of ether oxygens (including phenoxy) is 3. The van der Waals surface area contributed by atoms with Crippen molar-refractivity contribution >= 4 is 17.8 Å². The van der Waals surface area contributed by atoms with E-state index in [0.29, 0.717) is 19.1 Å². The lowest BCUT2D eigenvalue weighted by Gasteiger charge is -2.39. The van der Waals surface area contributed by atoms with E-state index < -0.39 is 24.3 Å². The molecule has 0 spiro atoms. The Morgan fingerprint density at radius 2 is 1.64 bits per heavy atom. The fraction of sp³-hybridized carbons (Fsp3) is 0.500. The van der Waals surface area contributed by atoms with Gasteiger partial charge in [0.25, 0.3) is 0 Å². The fourth-order valence-corrected chi connectivity index (χ4v) is 3.66. The summed E-state index contributed by atoms with van der Waals surface area (Å²) in [4.78, 5) is 32.6. The number of carbonyl (C=O) groups is 2. The number of aromatic nitrogens is 3. The van der Waals surface area contributed by atoms with Gasteiger partial charge in [-0.25, -0.2) is 19.6 Å². The number of carboxylic acid groups (broad SMARTS) is 2. The number of hydrogen-bond acceptors (Lipinski definition) is 9. The highest BCUT2D eigenvalue weighted by Gasteiger charge is 2.44. The van der Waals surface area contributed by atoms with Crippen LogP contribution in [0.2, 0.25) is 0 Å². The summed E-state index contributed by atoms with van der Waals surface area (Å²) in [6.07, 6.45) is -2.86. The number of carboxylic acids is 2. The molecule has 1 saturated carbocycles. The zero-order chi connectivity index (χ0) is 29.2. The normalized spacial score (nSPS) is 20.5. The van der Waals surface area contributed by atoms with E-state index >= 15 is 0 Å². The van der Waals surface area contributed by atoms with E-state index in [1.54, 1.807) is 25.8 Å². The van der Waals surface area contributed by atoms with Crippen LogP contribution in [-0.2, 0) is 25.7 Å². The molecule has 1 aliphatic heterocycles. The second kappa shape index (κ2) is 13.9. The Hall–Kier alpha value is -3.73. The van der Waals surface area contributed by atoms with Crippen LogP contribution in [0.25, 0.3) is 0 Å². The summed E-state index contributed by atoms with van der Waals surface area (Å²) in [6, 6.07) is 6.12. The quantitative estimate of drug-likeness (QED) is 0.512. The molecular weight excluding hydrogens is 546 g/mol. The number of hydrogen-bond donors (Lipinski definition) is 2. The minimum absolute atomic E-state index is 0.0662. The average Bonchev–Trinajstić information content (AvgIpc) is 3.31. The number of halogens is 6. The summed E-state index contributed by atoms with van der Waals surface area (Å²) >= 11 is 0. The van der Waals surface area contributed by atoms with Gasteiger partial charge in [-0.1, -0.05) is 0 Å². The lowest BCUT2D eigenvalue weighted by Crippen LogP contribution is -2.52. The smallest absolute Gasteiger partial charge is 0.481 e. The summed E-state index contributed by atoms with van der Waals surface area (Å²) in [5, 5.41) is 14.2. The predicted octanol–water partition coefficient (Wildman–Crippen LogP) is 3.10. The second-order valence-corrected chi connectivity index (χ2v) is 7.90. The lowest BCUT2D eigenvalue weighted by molar-refractivity contribution is -0.193. The van der Waals surface area contributed by atoms with E-state index in [0.717, 1.165) is 30.8 Å². The van der Waals surface area contributed by atoms with Crippen LogP contribution >= 0.6 is 0 Å². The number of rotatable bonds is 5. The SMILES string of the molecule is COc1cc(N2CCO[C@H]3[C@@H](OCc4ccncc4)CC[C@@H]32)ncn1.O=C(O)C(F)(F)F.O=C(O)C(F)(F)F. The molecule has 2 N–H and O–H groups in total. The van der Waals surface area contributed by atoms with Gasteiger partial charge in [-0.3, -0.25) is 4.98 Å². The third-order valence-corrected chi connectivity index (χ3v) is 5.36. The Balaban J connectivity index is 0.000000317. The van der Waals surface area contributed by atoms with E-state index in [4.69, 9.17) is 34.0 Å². The molecule has 0 aromatic carbocycles. The molecule has 39 heavy (non-hydrogen) atoms. The van der Waals surface area contributed by atoms with Gasteiger partial charge in [-0.15, -0.1) is 0 Å². The minimum Gasteiger partial charge on any atom is -0.481 e. The molecule has 2 fully saturated rings. The standard InChI is InChI=1S/C18H22N4O3.2C2HF3O2/c1-23-17-10-16(20-12-21-17)22-8-9-24-18-14(22)2-3-15(18)25-11-13-4-6-19-7-5-13;2*3-2(4,5)1(6)7/h4-7,10,12,14-15,18H,2-3,8-9,11H2,1H3;2*(H,6,7)/t14-,15-,18+;;/m0../s1. The molecular formula is C22H24F6N4O7. The molecule has 3 heterocycles. The minimum atomic E-state index is -5.08. The zero-order valence-corrected chi connectivity index (χ0v) is 20.2. The highest BCUT2D eigenvalue weighted by Crippen LogP contribution is 2.35. The predicted molar refractivity (Wildman–Crippen MR) is 119 cm³/mol. The molecule has 17 heteroatoms. The first-order chi connectivity index (χ1) is 18.2. The van der Waals surface area contributed by atoms with Crippen molar-refractivity contribution < 1.29 is 60.4 Å². The molecule has 0 amide bonds. The number of anilines is 1. The van der Waals surface area contributed by atoms with Crippen LogP contribution in [-0.4, -0.2) is 88.0 Å². The van der Waals surface area contributed by atoms with Gasteiger partial charge >= 0.3 is 24.3 Å². The molecule has 11 nitrogen and oxygen atoms in total. The Kier molecular flexibility index (Phi) is 11.2. The van der Waals surface area contributed by atoms with Crippen molar-refractivity contribution in [1.82, 2.24) is 15.0 Å². The van der Waals surface area contributed by atoms with Gasteiger partial charge in [0.2, 0.25) is 5.88 Å².